The first-order valence-corrected chi connectivity index (χ1v) is 8.30. The van der Waals surface area contributed by atoms with Gasteiger partial charge in [0.2, 0.25) is 15.9 Å². The van der Waals surface area contributed by atoms with Crippen LogP contribution in [0.25, 0.3) is 0 Å². The predicted molar refractivity (Wildman–Crippen MR) is 72.4 cm³/mol. The van der Waals surface area contributed by atoms with Crippen molar-refractivity contribution in [2.45, 2.75) is 6.92 Å². The molecule has 0 unspecified atom stereocenters. The molecule has 1 N–H and O–H groups in total. The fourth-order valence-corrected chi connectivity index (χ4v) is 2.71. The van der Waals surface area contributed by atoms with Crippen molar-refractivity contribution in [2.24, 2.45) is 0 Å². The van der Waals surface area contributed by atoms with Crippen LogP contribution < -0.4 is 5.32 Å². The maximum Gasteiger partial charge on any atom is 0.246 e. The summed E-state index contributed by atoms with van der Waals surface area (Å²) < 4.78 is 29.1. The molecule has 19 heavy (non-hydrogen) atoms. The minimum atomic E-state index is -3.07. The summed E-state index contributed by atoms with van der Waals surface area (Å²) in [4.78, 5) is 13.4. The van der Waals surface area contributed by atoms with E-state index in [1.807, 2.05) is 6.92 Å². The predicted octanol–water partition coefficient (Wildman–Crippen LogP) is -1.28. The zero-order chi connectivity index (χ0) is 14.3. The Morgan fingerprint density at radius 1 is 1.26 bits per heavy atom. The average molecular weight is 293 g/mol. The van der Waals surface area contributed by atoms with E-state index in [1.54, 1.807) is 0 Å². The number of nitrogens with zero attached hydrogens (tertiary/aromatic N) is 2. The Hall–Kier alpha value is -0.700. The van der Waals surface area contributed by atoms with E-state index in [0.717, 1.165) is 6.54 Å². The monoisotopic (exact) mass is 293 g/mol. The third-order valence-electron chi connectivity index (χ3n) is 2.99. The van der Waals surface area contributed by atoms with E-state index in [1.165, 1.54) is 10.6 Å². The van der Waals surface area contributed by atoms with Crippen molar-refractivity contribution >= 4 is 15.9 Å². The minimum Gasteiger partial charge on any atom is -0.372 e. The number of rotatable bonds is 7. The van der Waals surface area contributed by atoms with E-state index in [-0.39, 0.29) is 12.5 Å². The molecule has 0 spiro atoms. The van der Waals surface area contributed by atoms with Crippen molar-refractivity contribution in [3.8, 4) is 0 Å². The fraction of sp³-hybridized carbons (Fsp3) is 0.909. The molecule has 1 saturated heterocycles. The quantitative estimate of drug-likeness (QED) is 0.632. The Morgan fingerprint density at radius 3 is 2.42 bits per heavy atom. The van der Waals surface area contributed by atoms with Gasteiger partial charge in [0, 0.05) is 45.9 Å². The molecule has 0 aromatic heterocycles. The van der Waals surface area contributed by atoms with Crippen molar-refractivity contribution in [3.63, 3.8) is 0 Å². The summed E-state index contributed by atoms with van der Waals surface area (Å²) in [5.74, 6) is -0.114. The van der Waals surface area contributed by atoms with Gasteiger partial charge in [-0.15, -0.1) is 0 Å². The Bertz CT molecular complexity index is 377. The molecular weight excluding hydrogens is 270 g/mol. The van der Waals surface area contributed by atoms with Crippen LogP contribution in [0.4, 0.5) is 0 Å². The highest BCUT2D eigenvalue weighted by Gasteiger charge is 2.22. The number of carbonyl (C=O) groups excluding carboxylic acids is 1. The summed E-state index contributed by atoms with van der Waals surface area (Å²) in [7, 11) is -3.07. The second-order valence-electron chi connectivity index (χ2n) is 4.49. The minimum absolute atomic E-state index is 0.0956. The molecule has 0 aromatic carbocycles. The third kappa shape index (κ3) is 6.33. The molecule has 0 radical (unpaired) electrons. The molecule has 1 heterocycles. The van der Waals surface area contributed by atoms with Crippen molar-refractivity contribution in [2.75, 3.05) is 58.7 Å². The zero-order valence-corrected chi connectivity index (χ0v) is 12.4. The summed E-state index contributed by atoms with van der Waals surface area (Å²) in [6, 6.07) is 0. The van der Waals surface area contributed by atoms with Gasteiger partial charge in [-0.05, 0) is 6.92 Å². The topological polar surface area (TPSA) is 79.0 Å². The fourth-order valence-electron chi connectivity index (χ4n) is 1.88. The summed E-state index contributed by atoms with van der Waals surface area (Å²) in [6.45, 7) is 6.20. The Balaban J connectivity index is 2.15. The van der Waals surface area contributed by atoms with E-state index in [2.05, 4.69) is 10.2 Å². The molecule has 0 saturated carbocycles. The zero-order valence-electron chi connectivity index (χ0n) is 11.6. The van der Waals surface area contributed by atoms with Crippen molar-refractivity contribution in [1.82, 2.24) is 14.5 Å². The van der Waals surface area contributed by atoms with Gasteiger partial charge in [0.1, 0.15) is 6.61 Å². The van der Waals surface area contributed by atoms with Crippen LogP contribution in [0.15, 0.2) is 0 Å². The van der Waals surface area contributed by atoms with Crippen LogP contribution in [0.3, 0.4) is 0 Å². The Morgan fingerprint density at radius 2 is 1.89 bits per heavy atom. The van der Waals surface area contributed by atoms with Gasteiger partial charge in [0.15, 0.2) is 0 Å². The number of hydrogen-bond acceptors (Lipinski definition) is 5. The van der Waals surface area contributed by atoms with Crippen LogP contribution in [0.2, 0.25) is 0 Å². The lowest BCUT2D eigenvalue weighted by molar-refractivity contribution is -0.125. The number of sulfonamides is 1. The van der Waals surface area contributed by atoms with Crippen LogP contribution in [-0.2, 0) is 19.6 Å². The standard InChI is InChI=1S/C11H23N3O4S/c1-3-18-10-11(15)12-4-5-13-6-8-14(9-7-13)19(2,16)17/h3-10H2,1-2H3,(H,12,15). The smallest absolute Gasteiger partial charge is 0.246 e. The number of nitrogens with one attached hydrogen (secondary N) is 1. The second-order valence-corrected chi connectivity index (χ2v) is 6.47. The van der Waals surface area contributed by atoms with Gasteiger partial charge in [0.25, 0.3) is 0 Å². The van der Waals surface area contributed by atoms with Gasteiger partial charge in [0.05, 0.1) is 6.26 Å². The molecule has 0 aliphatic carbocycles. The lowest BCUT2D eigenvalue weighted by Crippen LogP contribution is -2.50. The maximum absolute atomic E-state index is 11.3. The Kier molecular flexibility index (Phi) is 6.70. The first-order valence-electron chi connectivity index (χ1n) is 6.45. The highest BCUT2D eigenvalue weighted by Crippen LogP contribution is 2.04. The summed E-state index contributed by atoms with van der Waals surface area (Å²) in [5.41, 5.74) is 0. The largest absolute Gasteiger partial charge is 0.372 e. The third-order valence-corrected chi connectivity index (χ3v) is 4.29. The lowest BCUT2D eigenvalue weighted by Gasteiger charge is -2.33. The number of piperazine rings is 1. The van der Waals surface area contributed by atoms with E-state index >= 15 is 0 Å². The normalized spacial score (nSPS) is 18.4. The molecule has 7 nitrogen and oxygen atoms in total. The number of carbonyl (C=O) groups is 1. The van der Waals surface area contributed by atoms with Gasteiger partial charge < -0.3 is 10.1 Å². The van der Waals surface area contributed by atoms with Gasteiger partial charge in [-0.3, -0.25) is 9.69 Å². The van der Waals surface area contributed by atoms with Crippen molar-refractivity contribution in [1.29, 1.82) is 0 Å². The average Bonchev–Trinajstić information content (AvgIpc) is 2.36. The van der Waals surface area contributed by atoms with Crippen LogP contribution in [-0.4, -0.2) is 82.3 Å². The lowest BCUT2D eigenvalue weighted by atomic mass is 10.3. The van der Waals surface area contributed by atoms with E-state index < -0.39 is 10.0 Å². The van der Waals surface area contributed by atoms with Gasteiger partial charge >= 0.3 is 0 Å². The second kappa shape index (κ2) is 7.78. The molecule has 1 fully saturated rings. The molecule has 1 aliphatic rings. The SMILES string of the molecule is CCOCC(=O)NCCN1CCN(S(C)(=O)=O)CC1. The molecule has 0 aromatic rings. The van der Waals surface area contributed by atoms with Crippen LogP contribution in [0.5, 0.6) is 0 Å². The van der Waals surface area contributed by atoms with Crippen LogP contribution in [0, 0.1) is 0 Å². The van der Waals surface area contributed by atoms with Crippen molar-refractivity contribution in [3.05, 3.63) is 0 Å². The van der Waals surface area contributed by atoms with Crippen molar-refractivity contribution < 1.29 is 17.9 Å². The maximum atomic E-state index is 11.3. The summed E-state index contributed by atoms with van der Waals surface area (Å²) in [6.07, 6.45) is 1.23. The van der Waals surface area contributed by atoms with Gasteiger partial charge in [-0.2, -0.15) is 4.31 Å². The molecule has 0 atom stereocenters. The highest BCUT2D eigenvalue weighted by atomic mass is 32.2. The first kappa shape index (κ1) is 16.4. The molecular formula is C11H23N3O4S. The highest BCUT2D eigenvalue weighted by molar-refractivity contribution is 7.88. The molecule has 8 heteroatoms. The summed E-state index contributed by atoms with van der Waals surface area (Å²) in [5, 5.41) is 2.77. The van der Waals surface area contributed by atoms with Crippen LogP contribution >= 0.6 is 0 Å². The number of ether oxygens (including phenoxy) is 1. The molecule has 1 rings (SSSR count). The number of hydrogen-bond donors (Lipinski definition) is 1. The Labute approximate surface area is 114 Å². The van der Waals surface area contributed by atoms with E-state index in [4.69, 9.17) is 4.74 Å². The molecule has 0 bridgehead atoms. The molecule has 1 amide bonds. The molecule has 112 valence electrons. The molecule has 1 aliphatic heterocycles. The van der Waals surface area contributed by atoms with Crippen LogP contribution in [0.1, 0.15) is 6.92 Å². The van der Waals surface area contributed by atoms with Gasteiger partial charge in [-0.25, -0.2) is 8.42 Å². The number of amides is 1. The van der Waals surface area contributed by atoms with Gasteiger partial charge in [-0.1, -0.05) is 0 Å². The van der Waals surface area contributed by atoms with E-state index in [9.17, 15) is 13.2 Å². The van der Waals surface area contributed by atoms with E-state index in [0.29, 0.717) is 39.3 Å². The first-order chi connectivity index (χ1) is 8.93. The summed E-state index contributed by atoms with van der Waals surface area (Å²) >= 11 is 0.